The van der Waals surface area contributed by atoms with E-state index in [1.54, 1.807) is 0 Å². The van der Waals surface area contributed by atoms with Crippen molar-refractivity contribution < 1.29 is 9.90 Å². The van der Waals surface area contributed by atoms with Gasteiger partial charge in [-0.05, 0) is 25.2 Å². The molecule has 0 aromatic carbocycles. The molecule has 0 fully saturated rings. The van der Waals surface area contributed by atoms with Crippen LogP contribution in [0, 0.1) is 11.3 Å². The van der Waals surface area contributed by atoms with Gasteiger partial charge in [-0.2, -0.15) is 0 Å². The van der Waals surface area contributed by atoms with E-state index in [1.165, 1.54) is 193 Å². The third-order valence-electron chi connectivity index (χ3n) is 10.7. The van der Waals surface area contributed by atoms with E-state index in [-0.39, 0.29) is 12.1 Å². The minimum absolute atomic E-state index is 0. The minimum Gasteiger partial charge on any atom is -0.550 e. The van der Waals surface area contributed by atoms with Crippen molar-refractivity contribution in [2.75, 3.05) is 0 Å². The Morgan fingerprint density at radius 2 is 0.705 bits per heavy atom. The Morgan fingerprint density at radius 3 is 0.955 bits per heavy atom. The number of hydrogen-bond donors (Lipinski definition) is 1. The first-order valence-corrected chi connectivity index (χ1v) is 20.3. The second kappa shape index (κ2) is 35.3. The van der Waals surface area contributed by atoms with E-state index >= 15 is 0 Å². The summed E-state index contributed by atoms with van der Waals surface area (Å²) in [6, 6.07) is 0. The van der Waals surface area contributed by atoms with Gasteiger partial charge < -0.3 is 16.1 Å². The number of carbonyl (C=O) groups is 1. The largest absolute Gasteiger partial charge is 0.550 e. The van der Waals surface area contributed by atoms with Crippen molar-refractivity contribution in [2.45, 2.75) is 246 Å². The molecule has 0 rings (SSSR count). The van der Waals surface area contributed by atoms with Gasteiger partial charge in [-0.1, -0.05) is 227 Å². The maximum absolute atomic E-state index is 12.3. The van der Waals surface area contributed by atoms with Crippen LogP contribution in [-0.2, 0) is 4.79 Å². The van der Waals surface area contributed by atoms with Gasteiger partial charge >= 0.3 is 0 Å². The lowest BCUT2D eigenvalue weighted by Gasteiger charge is -2.40. The first-order valence-electron chi connectivity index (χ1n) is 20.3. The van der Waals surface area contributed by atoms with Crippen LogP contribution in [0.25, 0.3) is 0 Å². The lowest BCUT2D eigenvalue weighted by molar-refractivity contribution is -0.323. The zero-order valence-electron chi connectivity index (χ0n) is 31.4. The molecule has 0 aliphatic rings. The van der Waals surface area contributed by atoms with Gasteiger partial charge in [0.2, 0.25) is 0 Å². The normalized spacial score (nSPS) is 13.5. The number of quaternary nitrogens is 1. The summed E-state index contributed by atoms with van der Waals surface area (Å²) in [4.78, 5) is 12.3. The van der Waals surface area contributed by atoms with Gasteiger partial charge in [0, 0.05) is 11.4 Å². The van der Waals surface area contributed by atoms with Crippen molar-refractivity contribution in [3.8, 4) is 0 Å². The lowest BCUT2D eigenvalue weighted by Crippen LogP contribution is -2.46. The molecule has 2 unspecified atom stereocenters. The predicted molar refractivity (Wildman–Crippen MR) is 197 cm³/mol. The summed E-state index contributed by atoms with van der Waals surface area (Å²) in [7, 11) is 0. The number of hydrogen-bond acceptors (Lipinski definition) is 2. The molecule has 0 aromatic rings. The first kappa shape index (κ1) is 45.6. The number of carbonyl (C=O) groups excluding carboxylic acids is 1. The van der Waals surface area contributed by atoms with Crippen LogP contribution in [0.5, 0.6) is 0 Å². The van der Waals surface area contributed by atoms with Crippen molar-refractivity contribution in [3.05, 3.63) is 0 Å². The molecule has 3 nitrogen and oxygen atoms in total. The molecular weight excluding hydrogens is 538 g/mol. The summed E-state index contributed by atoms with van der Waals surface area (Å²) in [5.74, 6) is -0.565. The molecule has 0 spiro atoms. The molecular formula is C41H85NO2. The van der Waals surface area contributed by atoms with Crippen molar-refractivity contribution in [2.24, 2.45) is 11.3 Å². The van der Waals surface area contributed by atoms with Gasteiger partial charge in [-0.25, -0.2) is 0 Å². The van der Waals surface area contributed by atoms with Crippen LogP contribution in [0.3, 0.4) is 0 Å². The average Bonchev–Trinajstić information content (AvgIpc) is 3.00. The number of carboxylic acid groups (broad SMARTS) is 1. The topological polar surface area (TPSA) is 76.6 Å². The van der Waals surface area contributed by atoms with E-state index in [1.807, 2.05) is 0 Å². The van der Waals surface area contributed by atoms with E-state index in [2.05, 4.69) is 27.7 Å². The molecule has 0 radical (unpaired) electrons. The molecule has 44 heavy (non-hydrogen) atoms. The molecule has 266 valence electrons. The molecule has 0 saturated heterocycles. The molecule has 2 atom stereocenters. The summed E-state index contributed by atoms with van der Waals surface area (Å²) in [6.07, 6.45) is 44.9. The number of rotatable bonds is 36. The van der Waals surface area contributed by atoms with E-state index < -0.39 is 11.4 Å². The monoisotopic (exact) mass is 624 g/mol. The summed E-state index contributed by atoms with van der Waals surface area (Å²) < 4.78 is 0. The van der Waals surface area contributed by atoms with E-state index in [9.17, 15) is 9.90 Å². The van der Waals surface area contributed by atoms with E-state index in [0.717, 1.165) is 19.3 Å². The second-order valence-corrected chi connectivity index (χ2v) is 14.5. The molecule has 0 aromatic heterocycles. The highest BCUT2D eigenvalue weighted by Crippen LogP contribution is 2.39. The number of unbranched alkanes of at least 4 members (excludes halogenated alkanes) is 29. The molecule has 0 bridgehead atoms. The van der Waals surface area contributed by atoms with Gasteiger partial charge in [0.25, 0.3) is 0 Å². The fourth-order valence-electron chi connectivity index (χ4n) is 7.31. The zero-order valence-corrected chi connectivity index (χ0v) is 31.4. The van der Waals surface area contributed by atoms with Gasteiger partial charge in [0.1, 0.15) is 0 Å². The van der Waals surface area contributed by atoms with Gasteiger partial charge in [0.15, 0.2) is 0 Å². The highest BCUT2D eigenvalue weighted by atomic mass is 16.4. The van der Waals surface area contributed by atoms with Gasteiger partial charge in [-0.3, -0.25) is 0 Å². The van der Waals surface area contributed by atoms with Crippen LogP contribution in [0.2, 0.25) is 0 Å². The molecule has 0 aliphatic carbocycles. The lowest BCUT2D eigenvalue weighted by atomic mass is 9.69. The minimum atomic E-state index is -0.788. The number of aliphatic carboxylic acids is 1. The Morgan fingerprint density at radius 1 is 0.455 bits per heavy atom. The van der Waals surface area contributed by atoms with Gasteiger partial charge in [-0.15, -0.1) is 0 Å². The van der Waals surface area contributed by atoms with Crippen LogP contribution in [-0.4, -0.2) is 5.97 Å². The highest BCUT2D eigenvalue weighted by Gasteiger charge is 2.35. The third kappa shape index (κ3) is 26.6. The quantitative estimate of drug-likeness (QED) is 0.0705. The SMILES string of the molecule is CCCCCCCCCCCCCCCCCCCCC(CC)(C(=O)[O-])C(C)CCCCCCCCCCCCCCC.[NH4+]. The number of carboxylic acids is 1. The fraction of sp³-hybridized carbons (Fsp3) is 0.976. The molecule has 3 heteroatoms. The fourth-order valence-corrected chi connectivity index (χ4v) is 7.31. The molecule has 0 amide bonds. The first-order chi connectivity index (χ1) is 21.0. The van der Waals surface area contributed by atoms with Crippen molar-refractivity contribution in [3.63, 3.8) is 0 Å². The Balaban J connectivity index is 0. The van der Waals surface area contributed by atoms with Crippen molar-refractivity contribution in [1.29, 1.82) is 0 Å². The Bertz CT molecular complexity index is 565. The standard InChI is InChI=1S/C41H82O2.H3N/c1-5-8-10-12-14-16-18-20-21-22-23-24-26-28-30-32-34-36-38-41(7-3,40(42)43)39(4)37-35-33-31-29-27-25-19-17-15-13-11-9-6-2;/h39H,5-38H2,1-4H3,(H,42,43);1H3. The maximum Gasteiger partial charge on any atom is 0.0478 e. The highest BCUT2D eigenvalue weighted by molar-refractivity contribution is 5.72. The van der Waals surface area contributed by atoms with E-state index in [0.29, 0.717) is 6.42 Å². The van der Waals surface area contributed by atoms with Crippen LogP contribution < -0.4 is 11.3 Å². The van der Waals surface area contributed by atoms with Gasteiger partial charge in [0.05, 0.1) is 0 Å². The summed E-state index contributed by atoms with van der Waals surface area (Å²) in [6.45, 7) is 8.84. The summed E-state index contributed by atoms with van der Waals surface area (Å²) >= 11 is 0. The van der Waals surface area contributed by atoms with Crippen LogP contribution in [0.15, 0.2) is 0 Å². The average molecular weight is 624 g/mol. The predicted octanol–water partition coefficient (Wildman–Crippen LogP) is 14.1. The van der Waals surface area contributed by atoms with Crippen LogP contribution >= 0.6 is 0 Å². The smallest absolute Gasteiger partial charge is 0.0478 e. The molecule has 4 N–H and O–H groups in total. The molecule has 0 aliphatic heterocycles. The molecule has 0 saturated carbocycles. The Kier molecular flexibility index (Phi) is 36.5. The summed E-state index contributed by atoms with van der Waals surface area (Å²) in [5, 5.41) is 12.3. The van der Waals surface area contributed by atoms with Crippen LogP contribution in [0.4, 0.5) is 0 Å². The third-order valence-corrected chi connectivity index (χ3v) is 10.7. The van der Waals surface area contributed by atoms with Crippen molar-refractivity contribution >= 4 is 5.97 Å². The maximum atomic E-state index is 12.3. The Hall–Kier alpha value is -0.570. The Labute approximate surface area is 278 Å². The second-order valence-electron chi connectivity index (χ2n) is 14.5. The molecule has 0 heterocycles. The van der Waals surface area contributed by atoms with Crippen molar-refractivity contribution in [1.82, 2.24) is 6.15 Å². The summed E-state index contributed by atoms with van der Waals surface area (Å²) in [5.41, 5.74) is -0.619. The zero-order chi connectivity index (χ0) is 31.7. The van der Waals surface area contributed by atoms with E-state index in [4.69, 9.17) is 0 Å². The van der Waals surface area contributed by atoms with Crippen LogP contribution in [0.1, 0.15) is 246 Å².